The van der Waals surface area contributed by atoms with Gasteiger partial charge in [-0.15, -0.1) is 0 Å². The van der Waals surface area contributed by atoms with Crippen LogP contribution in [0.15, 0.2) is 30.3 Å². The second-order valence-corrected chi connectivity index (χ2v) is 8.35. The fourth-order valence-electron chi connectivity index (χ4n) is 4.90. The van der Waals surface area contributed by atoms with Gasteiger partial charge in [0.2, 0.25) is 17.7 Å². The maximum absolute atomic E-state index is 12.5. The van der Waals surface area contributed by atoms with Crippen molar-refractivity contribution in [1.29, 1.82) is 0 Å². The summed E-state index contributed by atoms with van der Waals surface area (Å²) in [6.07, 6.45) is 4.82. The lowest BCUT2D eigenvalue weighted by molar-refractivity contribution is -0.140. The zero-order valence-electron chi connectivity index (χ0n) is 16.3. The molecule has 1 aliphatic carbocycles. The van der Waals surface area contributed by atoms with Crippen LogP contribution in [0.2, 0.25) is 0 Å². The van der Waals surface area contributed by atoms with E-state index >= 15 is 0 Å². The molecule has 1 aromatic carbocycles. The van der Waals surface area contributed by atoms with E-state index in [1.165, 1.54) is 10.5 Å². The first kappa shape index (κ1) is 19.1. The summed E-state index contributed by atoms with van der Waals surface area (Å²) in [5.41, 5.74) is 1.28. The summed E-state index contributed by atoms with van der Waals surface area (Å²) in [5.74, 6) is -0.451. The Bertz CT molecular complexity index is 712. The molecule has 1 N–H and O–H groups in total. The lowest BCUT2D eigenvalue weighted by atomic mass is 9.81. The Hall–Kier alpha value is -2.21. The highest BCUT2D eigenvalue weighted by molar-refractivity contribution is 6.05. The van der Waals surface area contributed by atoms with Gasteiger partial charge in [0.15, 0.2) is 0 Å². The lowest BCUT2D eigenvalue weighted by Crippen LogP contribution is -2.40. The van der Waals surface area contributed by atoms with Crippen molar-refractivity contribution in [1.82, 2.24) is 15.1 Å². The number of nitrogens with zero attached hydrogens (tertiary/aromatic N) is 2. The minimum atomic E-state index is -0.134. The van der Waals surface area contributed by atoms with Gasteiger partial charge in [-0.1, -0.05) is 43.2 Å². The molecular weight excluding hydrogens is 354 g/mol. The molecule has 2 aliphatic heterocycles. The number of fused-ring (bicyclic) bond motifs is 1. The van der Waals surface area contributed by atoms with E-state index in [9.17, 15) is 14.4 Å². The largest absolute Gasteiger partial charge is 0.352 e. The van der Waals surface area contributed by atoms with Crippen LogP contribution in [-0.2, 0) is 20.9 Å². The van der Waals surface area contributed by atoms with Crippen LogP contribution in [0.3, 0.4) is 0 Å². The van der Waals surface area contributed by atoms with E-state index in [1.807, 2.05) is 18.2 Å². The SMILES string of the molecule is O=C(CCN1C(=O)C2CCCCC2C1=O)NC1CCN(Cc2ccccc2)C1. The van der Waals surface area contributed by atoms with Crippen LogP contribution in [0.1, 0.15) is 44.1 Å². The molecule has 150 valence electrons. The van der Waals surface area contributed by atoms with Crippen molar-refractivity contribution in [2.24, 2.45) is 11.8 Å². The molecule has 3 aliphatic rings. The van der Waals surface area contributed by atoms with Crippen LogP contribution in [-0.4, -0.2) is 53.2 Å². The summed E-state index contributed by atoms with van der Waals surface area (Å²) in [6, 6.07) is 10.5. The molecule has 0 radical (unpaired) electrons. The van der Waals surface area contributed by atoms with Gasteiger partial charge in [0, 0.05) is 38.6 Å². The Labute approximate surface area is 166 Å². The first-order valence-corrected chi connectivity index (χ1v) is 10.5. The molecule has 3 atom stereocenters. The van der Waals surface area contributed by atoms with Gasteiger partial charge in [0.1, 0.15) is 0 Å². The second-order valence-electron chi connectivity index (χ2n) is 8.35. The second kappa shape index (κ2) is 8.43. The number of carbonyl (C=O) groups is 3. The third-order valence-electron chi connectivity index (χ3n) is 6.38. The van der Waals surface area contributed by atoms with E-state index in [0.29, 0.717) is 0 Å². The molecule has 2 saturated heterocycles. The van der Waals surface area contributed by atoms with Gasteiger partial charge in [-0.25, -0.2) is 0 Å². The highest BCUT2D eigenvalue weighted by Gasteiger charge is 2.47. The first-order chi connectivity index (χ1) is 13.6. The average Bonchev–Trinajstić information content (AvgIpc) is 3.24. The smallest absolute Gasteiger partial charge is 0.233 e. The molecule has 4 rings (SSSR count). The maximum atomic E-state index is 12.5. The lowest BCUT2D eigenvalue weighted by Gasteiger charge is -2.19. The van der Waals surface area contributed by atoms with Crippen molar-refractivity contribution < 1.29 is 14.4 Å². The Morgan fingerprint density at radius 2 is 1.68 bits per heavy atom. The third-order valence-corrected chi connectivity index (χ3v) is 6.38. The molecule has 6 heteroatoms. The predicted molar refractivity (Wildman–Crippen MR) is 105 cm³/mol. The molecule has 2 heterocycles. The Kier molecular flexibility index (Phi) is 5.76. The van der Waals surface area contributed by atoms with Gasteiger partial charge >= 0.3 is 0 Å². The van der Waals surface area contributed by atoms with Crippen LogP contribution in [0.5, 0.6) is 0 Å². The van der Waals surface area contributed by atoms with Crippen molar-refractivity contribution in [3.8, 4) is 0 Å². The normalized spacial score (nSPS) is 27.9. The number of likely N-dealkylation sites (tertiary alicyclic amines) is 2. The minimum Gasteiger partial charge on any atom is -0.352 e. The molecule has 28 heavy (non-hydrogen) atoms. The van der Waals surface area contributed by atoms with Crippen molar-refractivity contribution in [3.05, 3.63) is 35.9 Å². The van der Waals surface area contributed by atoms with Crippen molar-refractivity contribution in [2.75, 3.05) is 19.6 Å². The summed E-state index contributed by atoms with van der Waals surface area (Å²) in [5, 5.41) is 3.08. The predicted octanol–water partition coefficient (Wildman–Crippen LogP) is 1.94. The maximum Gasteiger partial charge on any atom is 0.233 e. The molecule has 6 nitrogen and oxygen atoms in total. The van der Waals surface area contributed by atoms with Crippen LogP contribution < -0.4 is 5.32 Å². The summed E-state index contributed by atoms with van der Waals surface area (Å²) < 4.78 is 0. The van der Waals surface area contributed by atoms with Crippen LogP contribution >= 0.6 is 0 Å². The number of hydrogen-bond acceptors (Lipinski definition) is 4. The quantitative estimate of drug-likeness (QED) is 0.763. The van der Waals surface area contributed by atoms with Gasteiger partial charge in [-0.2, -0.15) is 0 Å². The zero-order valence-corrected chi connectivity index (χ0v) is 16.3. The molecule has 0 bridgehead atoms. The van der Waals surface area contributed by atoms with E-state index in [4.69, 9.17) is 0 Å². The summed E-state index contributed by atoms with van der Waals surface area (Å²) in [4.78, 5) is 41.0. The van der Waals surface area contributed by atoms with Gasteiger partial charge in [-0.3, -0.25) is 24.2 Å². The number of carbonyl (C=O) groups excluding carboxylic acids is 3. The Morgan fingerprint density at radius 1 is 1.00 bits per heavy atom. The van der Waals surface area contributed by atoms with Gasteiger partial charge in [0.05, 0.1) is 11.8 Å². The van der Waals surface area contributed by atoms with Crippen molar-refractivity contribution >= 4 is 17.7 Å². The summed E-state index contributed by atoms with van der Waals surface area (Å²) in [6.45, 7) is 2.92. The van der Waals surface area contributed by atoms with Crippen molar-refractivity contribution in [3.63, 3.8) is 0 Å². The van der Waals surface area contributed by atoms with E-state index < -0.39 is 0 Å². The van der Waals surface area contributed by atoms with Crippen LogP contribution in [0, 0.1) is 11.8 Å². The van der Waals surface area contributed by atoms with E-state index in [-0.39, 0.29) is 48.6 Å². The number of nitrogens with one attached hydrogen (secondary N) is 1. The molecule has 3 amide bonds. The van der Waals surface area contributed by atoms with E-state index in [0.717, 1.165) is 51.7 Å². The van der Waals surface area contributed by atoms with Gasteiger partial charge < -0.3 is 5.32 Å². The topological polar surface area (TPSA) is 69.7 Å². The molecule has 3 unspecified atom stereocenters. The van der Waals surface area contributed by atoms with E-state index in [2.05, 4.69) is 22.3 Å². The van der Waals surface area contributed by atoms with Crippen molar-refractivity contribution in [2.45, 2.75) is 51.1 Å². The number of rotatable bonds is 6. The number of amides is 3. The average molecular weight is 383 g/mol. The molecule has 0 spiro atoms. The number of benzene rings is 1. The highest BCUT2D eigenvalue weighted by Crippen LogP contribution is 2.37. The Morgan fingerprint density at radius 3 is 2.36 bits per heavy atom. The Balaban J connectivity index is 1.22. The number of imide groups is 1. The fraction of sp³-hybridized carbons (Fsp3) is 0.591. The van der Waals surface area contributed by atoms with Crippen LogP contribution in [0.25, 0.3) is 0 Å². The van der Waals surface area contributed by atoms with Gasteiger partial charge in [-0.05, 0) is 24.8 Å². The molecule has 3 fully saturated rings. The minimum absolute atomic E-state index is 0.0580. The van der Waals surface area contributed by atoms with Gasteiger partial charge in [0.25, 0.3) is 0 Å². The first-order valence-electron chi connectivity index (χ1n) is 10.5. The summed E-state index contributed by atoms with van der Waals surface area (Å²) >= 11 is 0. The van der Waals surface area contributed by atoms with E-state index in [1.54, 1.807) is 0 Å². The standard InChI is InChI=1S/C22H29N3O3/c26-20(11-13-25-21(27)18-8-4-5-9-19(18)22(25)28)23-17-10-12-24(15-17)14-16-6-2-1-3-7-16/h1-3,6-7,17-19H,4-5,8-15H2,(H,23,26). The fourth-order valence-corrected chi connectivity index (χ4v) is 4.90. The molecule has 0 aromatic heterocycles. The molecule has 1 saturated carbocycles. The monoisotopic (exact) mass is 383 g/mol. The molecular formula is C22H29N3O3. The summed E-state index contributed by atoms with van der Waals surface area (Å²) in [7, 11) is 0. The number of hydrogen-bond donors (Lipinski definition) is 1. The molecule has 1 aromatic rings. The van der Waals surface area contributed by atoms with Crippen LogP contribution in [0.4, 0.5) is 0 Å². The third kappa shape index (κ3) is 4.12. The zero-order chi connectivity index (χ0) is 19.5. The highest BCUT2D eigenvalue weighted by atomic mass is 16.2.